The molecule has 0 amide bonds. The Labute approximate surface area is 156 Å². The van der Waals surface area contributed by atoms with E-state index in [1.807, 2.05) is 37.3 Å². The minimum absolute atomic E-state index is 0.0610. The molecular formula is C19H19NO4S2. The molecule has 1 aromatic heterocycles. The molecule has 0 atom stereocenters. The molecule has 136 valence electrons. The maximum absolute atomic E-state index is 13.2. The van der Waals surface area contributed by atoms with E-state index in [-0.39, 0.29) is 10.5 Å². The van der Waals surface area contributed by atoms with E-state index in [1.54, 1.807) is 0 Å². The Balaban J connectivity index is 2.03. The van der Waals surface area contributed by atoms with Gasteiger partial charge in [-0.1, -0.05) is 31.5 Å². The van der Waals surface area contributed by atoms with Crippen molar-refractivity contribution >= 4 is 42.4 Å². The fraction of sp³-hybridized carbons (Fsp3) is 0.211. The van der Waals surface area contributed by atoms with Gasteiger partial charge in [-0.3, -0.25) is 4.31 Å². The minimum atomic E-state index is -3.77. The highest BCUT2D eigenvalue weighted by atomic mass is 32.2. The molecule has 0 aliphatic carbocycles. The quantitative estimate of drug-likeness (QED) is 0.641. The number of aromatic carboxylic acids is 1. The molecule has 2 aromatic carbocycles. The number of carboxylic acid groups (broad SMARTS) is 1. The summed E-state index contributed by atoms with van der Waals surface area (Å²) in [5.74, 6) is -1.08. The fourth-order valence-corrected chi connectivity index (χ4v) is 5.43. The number of thiophene rings is 1. The summed E-state index contributed by atoms with van der Waals surface area (Å²) >= 11 is 1.44. The number of unbranched alkanes of at least 4 members (excludes halogenated alkanes) is 1. The zero-order valence-corrected chi connectivity index (χ0v) is 15.9. The van der Waals surface area contributed by atoms with E-state index in [4.69, 9.17) is 5.11 Å². The van der Waals surface area contributed by atoms with Crippen LogP contribution < -0.4 is 4.31 Å². The highest BCUT2D eigenvalue weighted by molar-refractivity contribution is 7.93. The van der Waals surface area contributed by atoms with Crippen LogP contribution >= 0.6 is 11.3 Å². The van der Waals surface area contributed by atoms with Crippen LogP contribution in [0.5, 0.6) is 0 Å². The Morgan fingerprint density at radius 3 is 2.42 bits per heavy atom. The van der Waals surface area contributed by atoms with Crippen molar-refractivity contribution in [3.05, 3.63) is 60.2 Å². The third kappa shape index (κ3) is 3.59. The number of nitrogens with zero attached hydrogens (tertiary/aromatic N) is 1. The smallest absolute Gasteiger partial charge is 0.335 e. The summed E-state index contributed by atoms with van der Waals surface area (Å²) in [7, 11) is -3.77. The number of benzene rings is 2. The van der Waals surface area contributed by atoms with Crippen molar-refractivity contribution in [3.63, 3.8) is 0 Å². The second-order valence-corrected chi connectivity index (χ2v) is 8.81. The van der Waals surface area contributed by atoms with Crippen LogP contribution in [0.3, 0.4) is 0 Å². The number of carboxylic acids is 1. The number of sulfonamides is 1. The molecule has 0 spiro atoms. The molecule has 0 aliphatic heterocycles. The van der Waals surface area contributed by atoms with E-state index in [0.717, 1.165) is 22.9 Å². The summed E-state index contributed by atoms with van der Waals surface area (Å²) < 4.78 is 28.8. The highest BCUT2D eigenvalue weighted by Crippen LogP contribution is 2.35. The van der Waals surface area contributed by atoms with Gasteiger partial charge in [-0.25, -0.2) is 13.2 Å². The number of anilines is 1. The van der Waals surface area contributed by atoms with Crippen molar-refractivity contribution in [1.82, 2.24) is 0 Å². The molecule has 3 aromatic rings. The van der Waals surface area contributed by atoms with Crippen LogP contribution in [0, 0.1) is 0 Å². The first-order valence-electron chi connectivity index (χ1n) is 8.28. The van der Waals surface area contributed by atoms with Gasteiger partial charge in [0.05, 0.1) is 10.5 Å². The van der Waals surface area contributed by atoms with Crippen LogP contribution in [0.1, 0.15) is 30.1 Å². The molecular weight excluding hydrogens is 370 g/mol. The van der Waals surface area contributed by atoms with Gasteiger partial charge in [0.1, 0.15) is 5.00 Å². The van der Waals surface area contributed by atoms with Gasteiger partial charge < -0.3 is 5.11 Å². The fourth-order valence-electron chi connectivity index (χ4n) is 2.64. The molecule has 3 rings (SSSR count). The van der Waals surface area contributed by atoms with Crippen LogP contribution in [-0.4, -0.2) is 26.0 Å². The topological polar surface area (TPSA) is 74.7 Å². The summed E-state index contributed by atoms with van der Waals surface area (Å²) in [5.41, 5.74) is 0.0610. The third-order valence-corrected chi connectivity index (χ3v) is 7.14. The molecule has 0 saturated carbocycles. The molecule has 7 heteroatoms. The lowest BCUT2D eigenvalue weighted by atomic mass is 10.2. The zero-order valence-electron chi connectivity index (χ0n) is 14.3. The maximum Gasteiger partial charge on any atom is 0.335 e. The van der Waals surface area contributed by atoms with Gasteiger partial charge in [-0.2, -0.15) is 0 Å². The number of fused-ring (bicyclic) bond motifs is 1. The first-order chi connectivity index (χ1) is 12.4. The molecule has 26 heavy (non-hydrogen) atoms. The van der Waals surface area contributed by atoms with E-state index in [1.165, 1.54) is 39.9 Å². The van der Waals surface area contributed by atoms with Crippen LogP contribution in [0.15, 0.2) is 59.5 Å². The summed E-state index contributed by atoms with van der Waals surface area (Å²) in [5, 5.41) is 10.7. The first kappa shape index (κ1) is 18.4. The molecule has 0 bridgehead atoms. The van der Waals surface area contributed by atoms with Crippen LogP contribution in [-0.2, 0) is 10.0 Å². The number of carbonyl (C=O) groups is 1. The van der Waals surface area contributed by atoms with Gasteiger partial charge in [0.2, 0.25) is 0 Å². The van der Waals surface area contributed by atoms with Crippen molar-refractivity contribution in [2.45, 2.75) is 24.7 Å². The van der Waals surface area contributed by atoms with E-state index in [9.17, 15) is 13.2 Å². The lowest BCUT2D eigenvalue weighted by molar-refractivity contribution is 0.0696. The SMILES string of the molecule is CCCCN(c1cc2ccccc2s1)S(=O)(=O)c1ccc(C(=O)O)cc1. The van der Waals surface area contributed by atoms with Gasteiger partial charge in [0.15, 0.2) is 0 Å². The largest absolute Gasteiger partial charge is 0.478 e. The molecule has 0 radical (unpaired) electrons. The van der Waals surface area contributed by atoms with Gasteiger partial charge in [-0.15, -0.1) is 11.3 Å². The van der Waals surface area contributed by atoms with Crippen molar-refractivity contribution in [2.24, 2.45) is 0 Å². The Morgan fingerprint density at radius 1 is 1.12 bits per heavy atom. The summed E-state index contributed by atoms with van der Waals surface area (Å²) in [6.07, 6.45) is 1.61. The average molecular weight is 389 g/mol. The van der Waals surface area contributed by atoms with Gasteiger partial charge in [0, 0.05) is 11.2 Å². The van der Waals surface area contributed by atoms with Crippen LogP contribution in [0.2, 0.25) is 0 Å². The maximum atomic E-state index is 13.2. The molecule has 0 aliphatic rings. The summed E-state index contributed by atoms with van der Waals surface area (Å²) in [6.45, 7) is 2.39. The summed E-state index contributed by atoms with van der Waals surface area (Å²) in [4.78, 5) is 11.1. The average Bonchev–Trinajstić information content (AvgIpc) is 3.05. The van der Waals surface area contributed by atoms with Crippen LogP contribution in [0.4, 0.5) is 5.00 Å². The molecule has 0 fully saturated rings. The molecule has 1 heterocycles. The monoisotopic (exact) mass is 389 g/mol. The molecule has 1 N–H and O–H groups in total. The van der Waals surface area contributed by atoms with E-state index >= 15 is 0 Å². The molecule has 5 nitrogen and oxygen atoms in total. The van der Waals surface area contributed by atoms with E-state index in [2.05, 4.69) is 0 Å². The zero-order chi connectivity index (χ0) is 18.7. The van der Waals surface area contributed by atoms with Crippen molar-refractivity contribution in [2.75, 3.05) is 10.8 Å². The Morgan fingerprint density at radius 2 is 1.81 bits per heavy atom. The van der Waals surface area contributed by atoms with Crippen LogP contribution in [0.25, 0.3) is 10.1 Å². The lowest BCUT2D eigenvalue weighted by Gasteiger charge is -2.22. The van der Waals surface area contributed by atoms with Gasteiger partial charge >= 0.3 is 5.97 Å². The van der Waals surface area contributed by atoms with E-state index in [0.29, 0.717) is 11.5 Å². The predicted molar refractivity (Wildman–Crippen MR) is 105 cm³/mol. The number of rotatable bonds is 7. The Kier molecular flexibility index (Phi) is 5.29. The number of hydrogen-bond donors (Lipinski definition) is 1. The highest BCUT2D eigenvalue weighted by Gasteiger charge is 2.26. The molecule has 0 unspecified atom stereocenters. The Hall–Kier alpha value is -2.38. The van der Waals surface area contributed by atoms with Crippen molar-refractivity contribution in [3.8, 4) is 0 Å². The normalized spacial score (nSPS) is 11.6. The first-order valence-corrected chi connectivity index (χ1v) is 10.5. The van der Waals surface area contributed by atoms with E-state index < -0.39 is 16.0 Å². The minimum Gasteiger partial charge on any atom is -0.478 e. The second kappa shape index (κ2) is 7.47. The number of hydrogen-bond acceptors (Lipinski definition) is 4. The summed E-state index contributed by atoms with van der Waals surface area (Å²) in [6, 6.07) is 15.0. The second-order valence-electron chi connectivity index (χ2n) is 5.88. The van der Waals surface area contributed by atoms with Gasteiger partial charge in [0.25, 0.3) is 10.0 Å². The lowest BCUT2D eigenvalue weighted by Crippen LogP contribution is -2.31. The van der Waals surface area contributed by atoms with Crippen molar-refractivity contribution < 1.29 is 18.3 Å². The molecule has 0 saturated heterocycles. The van der Waals surface area contributed by atoms with Gasteiger partial charge in [-0.05, 0) is 48.2 Å². The predicted octanol–water partition coefficient (Wildman–Crippen LogP) is 4.59. The van der Waals surface area contributed by atoms with Crippen molar-refractivity contribution in [1.29, 1.82) is 0 Å². The Bertz CT molecular complexity index is 990. The standard InChI is InChI=1S/C19H19NO4S2/c1-2-3-12-20(18-13-15-6-4-5-7-17(15)25-18)26(23,24)16-10-8-14(9-11-16)19(21)22/h4-11,13H,2-3,12H2,1H3,(H,21,22). The third-order valence-electron chi connectivity index (χ3n) is 4.06.